The molecule has 6 aromatic rings. The Hall–Kier alpha value is -6.44. The van der Waals surface area contributed by atoms with Crippen LogP contribution >= 0.6 is 0 Å². The molecule has 0 unspecified atom stereocenters. The van der Waals surface area contributed by atoms with E-state index < -0.39 is 0 Å². The SMILES string of the molecule is C#Cc1cc(C#Cc2c3c(c(C#CC)c4c2C2c5ccccc5C4c4ccccc42)C2c4ccccc4C3c3ccccc32)c(C#C)cc1C. The second kappa shape index (κ2) is 10.5. The van der Waals surface area contributed by atoms with E-state index in [1.807, 2.05) is 26.0 Å². The van der Waals surface area contributed by atoms with Crippen molar-refractivity contribution in [2.45, 2.75) is 37.5 Å². The molecule has 0 saturated carbocycles. The third-order valence-corrected chi connectivity index (χ3v) is 11.5. The standard InChI is InChI=1S/C50H30/c1-5-16-41-47-43-33-17-8-12-21-37(33)45(38-22-13-9-18-34(38)43)49(47)42(26-25-32-28-30(6-2)29(4)27-31(32)7-3)50-46-39-23-14-10-19-35(39)44(48(41)50)36-20-11-15-24-40(36)46/h2-3,8-15,17-24,27-28,43-46H,1,4H3. The van der Waals surface area contributed by atoms with E-state index in [1.165, 1.54) is 72.3 Å². The van der Waals surface area contributed by atoms with Crippen molar-refractivity contribution >= 4 is 0 Å². The zero-order valence-corrected chi connectivity index (χ0v) is 27.9. The topological polar surface area (TPSA) is 0 Å². The molecule has 0 aromatic heterocycles. The molecule has 6 aliphatic carbocycles. The van der Waals surface area contributed by atoms with Crippen LogP contribution in [0, 0.1) is 55.3 Å². The minimum atomic E-state index is 0.0340. The van der Waals surface area contributed by atoms with Crippen LogP contribution < -0.4 is 0 Å². The van der Waals surface area contributed by atoms with Crippen LogP contribution in [0.25, 0.3) is 0 Å². The number of terminal acetylenes is 2. The number of hydrogen-bond donors (Lipinski definition) is 0. The molecular formula is C50H30. The van der Waals surface area contributed by atoms with Crippen LogP contribution in [0.15, 0.2) is 109 Å². The maximum Gasteiger partial charge on any atom is 0.0418 e. The Kier molecular flexibility index (Phi) is 6.01. The van der Waals surface area contributed by atoms with E-state index in [2.05, 4.69) is 133 Å². The lowest BCUT2D eigenvalue weighted by atomic mass is 9.53. The first-order chi connectivity index (χ1) is 24.6. The average Bonchev–Trinajstić information content (AvgIpc) is 3.17. The Morgan fingerprint density at radius 1 is 0.420 bits per heavy atom. The Bertz CT molecular complexity index is 2510. The summed E-state index contributed by atoms with van der Waals surface area (Å²) in [5.74, 6) is 20.5. The van der Waals surface area contributed by atoms with Crippen molar-refractivity contribution < 1.29 is 0 Å². The molecule has 0 radical (unpaired) electrons. The molecule has 50 heavy (non-hydrogen) atoms. The maximum absolute atomic E-state index is 6.08. The van der Waals surface area contributed by atoms with Crippen molar-refractivity contribution in [3.05, 3.63) is 209 Å². The number of benzene rings is 6. The van der Waals surface area contributed by atoms with Crippen molar-refractivity contribution in [2.24, 2.45) is 0 Å². The summed E-state index contributed by atoms with van der Waals surface area (Å²) >= 11 is 0. The quantitative estimate of drug-likeness (QED) is 0.146. The van der Waals surface area contributed by atoms with Gasteiger partial charge in [-0.15, -0.1) is 18.8 Å². The van der Waals surface area contributed by atoms with Gasteiger partial charge >= 0.3 is 0 Å². The largest absolute Gasteiger partial charge is 0.115 e. The van der Waals surface area contributed by atoms with Crippen LogP contribution in [-0.4, -0.2) is 0 Å². The molecule has 6 aliphatic rings. The summed E-state index contributed by atoms with van der Waals surface area (Å²) in [7, 11) is 0. The first kappa shape index (κ1) is 28.6. The molecule has 0 N–H and O–H groups in total. The summed E-state index contributed by atoms with van der Waals surface area (Å²) in [6, 6.07) is 40.0. The van der Waals surface area contributed by atoms with Crippen molar-refractivity contribution in [2.75, 3.05) is 0 Å². The van der Waals surface area contributed by atoms with Crippen LogP contribution in [0.4, 0.5) is 0 Å². The van der Waals surface area contributed by atoms with Gasteiger partial charge < -0.3 is 0 Å². The van der Waals surface area contributed by atoms with Crippen LogP contribution in [0.2, 0.25) is 0 Å². The van der Waals surface area contributed by atoms with Gasteiger partial charge in [-0.2, -0.15) is 0 Å². The molecule has 0 nitrogen and oxygen atoms in total. The molecular weight excluding hydrogens is 601 g/mol. The molecule has 230 valence electrons. The Morgan fingerprint density at radius 3 is 1.08 bits per heavy atom. The lowest BCUT2D eigenvalue weighted by molar-refractivity contribution is 0.710. The van der Waals surface area contributed by atoms with Gasteiger partial charge in [0.25, 0.3) is 0 Å². The zero-order valence-electron chi connectivity index (χ0n) is 27.9. The van der Waals surface area contributed by atoms with Gasteiger partial charge in [0, 0.05) is 51.5 Å². The summed E-state index contributed by atoms with van der Waals surface area (Å²) in [5, 5.41) is 0. The summed E-state index contributed by atoms with van der Waals surface area (Å²) < 4.78 is 0. The molecule has 4 bridgehead atoms. The predicted octanol–water partition coefficient (Wildman–Crippen LogP) is 9.70. The zero-order chi connectivity index (χ0) is 33.7. The van der Waals surface area contributed by atoms with E-state index in [-0.39, 0.29) is 23.7 Å². The minimum absolute atomic E-state index is 0.0340. The molecule has 0 fully saturated rings. The highest BCUT2D eigenvalue weighted by Gasteiger charge is 2.50. The molecule has 0 heterocycles. The van der Waals surface area contributed by atoms with Crippen LogP contribution in [0.5, 0.6) is 0 Å². The fraction of sp³-hybridized carbons (Fsp3) is 0.120. The van der Waals surface area contributed by atoms with Gasteiger partial charge in [0.2, 0.25) is 0 Å². The van der Waals surface area contributed by atoms with E-state index in [9.17, 15) is 0 Å². The molecule has 0 atom stereocenters. The second-order valence-electron chi connectivity index (χ2n) is 13.8. The third-order valence-electron chi connectivity index (χ3n) is 11.5. The Balaban J connectivity index is 1.39. The van der Waals surface area contributed by atoms with Gasteiger partial charge in [-0.3, -0.25) is 0 Å². The van der Waals surface area contributed by atoms with Crippen molar-refractivity contribution in [3.8, 4) is 48.4 Å². The Morgan fingerprint density at radius 2 is 0.760 bits per heavy atom. The predicted molar refractivity (Wildman–Crippen MR) is 202 cm³/mol. The number of hydrogen-bond acceptors (Lipinski definition) is 0. The van der Waals surface area contributed by atoms with Gasteiger partial charge in [0.05, 0.1) is 0 Å². The van der Waals surface area contributed by atoms with Crippen molar-refractivity contribution in [3.63, 3.8) is 0 Å². The third kappa shape index (κ3) is 3.61. The van der Waals surface area contributed by atoms with Crippen LogP contribution in [0.3, 0.4) is 0 Å². The highest BCUT2D eigenvalue weighted by Crippen LogP contribution is 2.63. The van der Waals surface area contributed by atoms with Crippen molar-refractivity contribution in [1.29, 1.82) is 0 Å². The molecule has 12 rings (SSSR count). The van der Waals surface area contributed by atoms with Crippen LogP contribution in [-0.2, 0) is 0 Å². The van der Waals surface area contributed by atoms with E-state index in [0.717, 1.165) is 27.8 Å². The molecule has 6 aromatic carbocycles. The van der Waals surface area contributed by atoms with E-state index in [1.54, 1.807) is 0 Å². The first-order valence-corrected chi connectivity index (χ1v) is 17.3. The number of rotatable bonds is 0. The normalized spacial score (nSPS) is 18.6. The highest BCUT2D eigenvalue weighted by molar-refractivity contribution is 5.82. The van der Waals surface area contributed by atoms with Gasteiger partial charge in [-0.05, 0) is 98.3 Å². The average molecular weight is 631 g/mol. The summed E-state index contributed by atoms with van der Waals surface area (Å²) in [4.78, 5) is 0. The smallest absolute Gasteiger partial charge is 0.0418 e. The summed E-state index contributed by atoms with van der Waals surface area (Å²) in [6.45, 7) is 3.98. The van der Waals surface area contributed by atoms with Gasteiger partial charge in [0.1, 0.15) is 0 Å². The van der Waals surface area contributed by atoms with Gasteiger partial charge in [-0.25, -0.2) is 0 Å². The Labute approximate surface area is 294 Å². The summed E-state index contributed by atoms with van der Waals surface area (Å²) in [5.41, 5.74) is 21.8. The fourth-order valence-corrected chi connectivity index (χ4v) is 9.70. The molecule has 0 aliphatic heterocycles. The first-order valence-electron chi connectivity index (χ1n) is 17.3. The van der Waals surface area contributed by atoms with E-state index in [0.29, 0.717) is 0 Å². The highest BCUT2D eigenvalue weighted by atomic mass is 14.5. The maximum atomic E-state index is 6.08. The van der Waals surface area contributed by atoms with Crippen molar-refractivity contribution in [1.82, 2.24) is 0 Å². The monoisotopic (exact) mass is 630 g/mol. The van der Waals surface area contributed by atoms with E-state index in [4.69, 9.17) is 12.8 Å². The lowest BCUT2D eigenvalue weighted by Gasteiger charge is -2.48. The van der Waals surface area contributed by atoms with Gasteiger partial charge in [0.15, 0.2) is 0 Å². The minimum Gasteiger partial charge on any atom is -0.115 e. The van der Waals surface area contributed by atoms with E-state index >= 15 is 0 Å². The fourth-order valence-electron chi connectivity index (χ4n) is 9.70. The molecule has 0 spiro atoms. The van der Waals surface area contributed by atoms with Crippen LogP contribution in [0.1, 0.15) is 131 Å². The molecule has 0 amide bonds. The lowest BCUT2D eigenvalue weighted by Crippen LogP contribution is -2.35. The molecule has 0 saturated heterocycles. The number of aryl methyl sites for hydroxylation is 1. The van der Waals surface area contributed by atoms with Gasteiger partial charge in [-0.1, -0.05) is 127 Å². The summed E-state index contributed by atoms with van der Waals surface area (Å²) in [6.07, 6.45) is 12.0. The molecule has 0 heteroatoms. The second-order valence-corrected chi connectivity index (χ2v) is 13.8.